The van der Waals surface area contributed by atoms with Gasteiger partial charge in [-0.05, 0) is 29.5 Å². The molecule has 2 N–H and O–H groups in total. The SMILES string of the molecule is O=C(O)CC(O)CCc1ccc(-c2cccc([N+](=O)[O-])c2)cc1. The summed E-state index contributed by atoms with van der Waals surface area (Å²) in [6.45, 7) is 0. The third-order valence-corrected chi connectivity index (χ3v) is 3.52. The van der Waals surface area contributed by atoms with E-state index < -0.39 is 17.0 Å². The van der Waals surface area contributed by atoms with Gasteiger partial charge < -0.3 is 10.2 Å². The Morgan fingerprint density at radius 3 is 2.43 bits per heavy atom. The van der Waals surface area contributed by atoms with Gasteiger partial charge in [0.1, 0.15) is 0 Å². The Labute approximate surface area is 133 Å². The van der Waals surface area contributed by atoms with Gasteiger partial charge in [-0.25, -0.2) is 0 Å². The highest BCUT2D eigenvalue weighted by Gasteiger charge is 2.10. The Morgan fingerprint density at radius 1 is 1.13 bits per heavy atom. The van der Waals surface area contributed by atoms with E-state index in [4.69, 9.17) is 5.11 Å². The molecule has 0 aromatic heterocycles. The lowest BCUT2D eigenvalue weighted by Crippen LogP contribution is -2.13. The number of hydrogen-bond donors (Lipinski definition) is 2. The van der Waals surface area contributed by atoms with Crippen molar-refractivity contribution in [3.63, 3.8) is 0 Å². The van der Waals surface area contributed by atoms with Gasteiger partial charge in [0, 0.05) is 12.1 Å². The first kappa shape index (κ1) is 16.6. The summed E-state index contributed by atoms with van der Waals surface area (Å²) in [6.07, 6.45) is -0.165. The van der Waals surface area contributed by atoms with E-state index >= 15 is 0 Å². The number of aliphatic carboxylic acids is 1. The fraction of sp³-hybridized carbons (Fsp3) is 0.235. The number of nitro benzene ring substituents is 1. The van der Waals surface area contributed by atoms with Crippen LogP contribution in [0.15, 0.2) is 48.5 Å². The van der Waals surface area contributed by atoms with Crippen LogP contribution in [0.3, 0.4) is 0 Å². The molecule has 0 fully saturated rings. The van der Waals surface area contributed by atoms with E-state index in [9.17, 15) is 20.0 Å². The van der Waals surface area contributed by atoms with Crippen LogP contribution in [-0.4, -0.2) is 27.2 Å². The molecule has 0 aliphatic heterocycles. The summed E-state index contributed by atoms with van der Waals surface area (Å²) in [5, 5.41) is 29.0. The number of aliphatic hydroxyl groups is 1. The highest BCUT2D eigenvalue weighted by molar-refractivity contribution is 5.67. The van der Waals surface area contributed by atoms with Crippen molar-refractivity contribution in [1.82, 2.24) is 0 Å². The number of nitro groups is 1. The molecular weight excluding hydrogens is 298 g/mol. The number of rotatable bonds is 7. The second-order valence-corrected chi connectivity index (χ2v) is 5.29. The van der Waals surface area contributed by atoms with Crippen molar-refractivity contribution >= 4 is 11.7 Å². The van der Waals surface area contributed by atoms with Crippen LogP contribution in [0.2, 0.25) is 0 Å². The Morgan fingerprint density at radius 2 is 1.83 bits per heavy atom. The molecule has 0 spiro atoms. The molecule has 2 rings (SSSR count). The van der Waals surface area contributed by atoms with Crippen LogP contribution < -0.4 is 0 Å². The number of aryl methyl sites for hydroxylation is 1. The normalized spacial score (nSPS) is 11.9. The lowest BCUT2D eigenvalue weighted by Gasteiger charge is -2.08. The maximum atomic E-state index is 10.8. The van der Waals surface area contributed by atoms with Gasteiger partial charge in [0.2, 0.25) is 0 Å². The third kappa shape index (κ3) is 4.89. The molecule has 1 atom stereocenters. The van der Waals surface area contributed by atoms with Crippen LogP contribution in [0.5, 0.6) is 0 Å². The number of carboxylic acid groups (broad SMARTS) is 1. The number of nitrogens with zero attached hydrogens (tertiary/aromatic N) is 1. The van der Waals surface area contributed by atoms with E-state index in [-0.39, 0.29) is 12.1 Å². The number of aliphatic hydroxyl groups excluding tert-OH is 1. The zero-order chi connectivity index (χ0) is 16.8. The monoisotopic (exact) mass is 315 g/mol. The molecule has 23 heavy (non-hydrogen) atoms. The summed E-state index contributed by atoms with van der Waals surface area (Å²) >= 11 is 0. The largest absolute Gasteiger partial charge is 0.481 e. The van der Waals surface area contributed by atoms with Gasteiger partial charge in [-0.1, -0.05) is 36.4 Å². The maximum Gasteiger partial charge on any atom is 0.305 e. The fourth-order valence-electron chi connectivity index (χ4n) is 2.30. The Hall–Kier alpha value is -2.73. The van der Waals surface area contributed by atoms with Gasteiger partial charge in [0.25, 0.3) is 5.69 Å². The molecule has 0 bridgehead atoms. The van der Waals surface area contributed by atoms with Crippen LogP contribution in [0.4, 0.5) is 5.69 Å². The van der Waals surface area contributed by atoms with Crippen molar-refractivity contribution in [2.24, 2.45) is 0 Å². The third-order valence-electron chi connectivity index (χ3n) is 3.52. The van der Waals surface area contributed by atoms with Gasteiger partial charge in [0.05, 0.1) is 17.4 Å². The minimum Gasteiger partial charge on any atom is -0.481 e. The molecule has 2 aromatic carbocycles. The van der Waals surface area contributed by atoms with Crippen LogP contribution >= 0.6 is 0 Å². The van der Waals surface area contributed by atoms with Crippen molar-refractivity contribution in [2.75, 3.05) is 0 Å². The van der Waals surface area contributed by atoms with Gasteiger partial charge >= 0.3 is 5.97 Å². The number of carbonyl (C=O) groups is 1. The summed E-state index contributed by atoms with van der Waals surface area (Å²) < 4.78 is 0. The minimum absolute atomic E-state index is 0.0448. The standard InChI is InChI=1S/C17H17NO5/c19-16(11-17(20)21)9-6-12-4-7-13(8-5-12)14-2-1-3-15(10-14)18(22)23/h1-5,7-8,10,16,19H,6,9,11H2,(H,20,21). The average Bonchev–Trinajstić information content (AvgIpc) is 2.53. The molecule has 0 amide bonds. The molecule has 0 aliphatic rings. The topological polar surface area (TPSA) is 101 Å². The first-order valence-electron chi connectivity index (χ1n) is 7.19. The summed E-state index contributed by atoms with van der Waals surface area (Å²) in [4.78, 5) is 20.9. The Balaban J connectivity index is 2.03. The predicted octanol–water partition coefficient (Wildman–Crippen LogP) is 3.03. The van der Waals surface area contributed by atoms with E-state index in [1.54, 1.807) is 12.1 Å². The molecule has 1 unspecified atom stereocenters. The number of hydrogen-bond acceptors (Lipinski definition) is 4. The molecule has 0 saturated heterocycles. The molecule has 0 aliphatic carbocycles. The van der Waals surface area contributed by atoms with Crippen molar-refractivity contribution < 1.29 is 19.9 Å². The maximum absolute atomic E-state index is 10.8. The smallest absolute Gasteiger partial charge is 0.305 e. The first-order valence-corrected chi connectivity index (χ1v) is 7.19. The van der Waals surface area contributed by atoms with Gasteiger partial charge in [0.15, 0.2) is 0 Å². The van der Waals surface area contributed by atoms with Gasteiger partial charge in [-0.2, -0.15) is 0 Å². The quantitative estimate of drug-likeness (QED) is 0.604. The van der Waals surface area contributed by atoms with Crippen LogP contribution in [0.25, 0.3) is 11.1 Å². The van der Waals surface area contributed by atoms with Crippen LogP contribution in [-0.2, 0) is 11.2 Å². The summed E-state index contributed by atoms with van der Waals surface area (Å²) in [5.74, 6) is -1.02. The highest BCUT2D eigenvalue weighted by atomic mass is 16.6. The summed E-state index contributed by atoms with van der Waals surface area (Å²) in [6, 6.07) is 13.9. The first-order chi connectivity index (χ1) is 11.0. The molecule has 0 heterocycles. The second kappa shape index (κ2) is 7.51. The van der Waals surface area contributed by atoms with E-state index in [1.807, 2.05) is 24.3 Å². The molecule has 6 nitrogen and oxygen atoms in total. The highest BCUT2D eigenvalue weighted by Crippen LogP contribution is 2.24. The van der Waals surface area contributed by atoms with Crippen LogP contribution in [0, 0.1) is 10.1 Å². The van der Waals surface area contributed by atoms with E-state index in [2.05, 4.69) is 0 Å². The molecule has 0 saturated carbocycles. The van der Waals surface area contributed by atoms with E-state index in [0.29, 0.717) is 12.8 Å². The molecule has 0 radical (unpaired) electrons. The van der Waals surface area contributed by atoms with Gasteiger partial charge in [-0.15, -0.1) is 0 Å². The zero-order valence-corrected chi connectivity index (χ0v) is 12.4. The van der Waals surface area contributed by atoms with E-state index in [0.717, 1.165) is 16.7 Å². The van der Waals surface area contributed by atoms with Crippen molar-refractivity contribution in [2.45, 2.75) is 25.4 Å². The Kier molecular flexibility index (Phi) is 5.43. The number of non-ortho nitro benzene ring substituents is 1. The molecule has 6 heteroatoms. The molecule has 120 valence electrons. The van der Waals surface area contributed by atoms with E-state index in [1.165, 1.54) is 12.1 Å². The lowest BCUT2D eigenvalue weighted by molar-refractivity contribution is -0.384. The van der Waals surface area contributed by atoms with Crippen LogP contribution in [0.1, 0.15) is 18.4 Å². The van der Waals surface area contributed by atoms with Crippen molar-refractivity contribution in [1.29, 1.82) is 0 Å². The minimum atomic E-state index is -1.02. The lowest BCUT2D eigenvalue weighted by atomic mass is 10.0. The van der Waals surface area contributed by atoms with Crippen molar-refractivity contribution in [3.8, 4) is 11.1 Å². The second-order valence-electron chi connectivity index (χ2n) is 5.29. The number of benzene rings is 2. The predicted molar refractivity (Wildman–Crippen MR) is 85.1 cm³/mol. The molecular formula is C17H17NO5. The summed E-state index contributed by atoms with van der Waals surface area (Å²) in [7, 11) is 0. The average molecular weight is 315 g/mol. The zero-order valence-electron chi connectivity index (χ0n) is 12.4. The van der Waals surface area contributed by atoms with Crippen molar-refractivity contribution in [3.05, 3.63) is 64.2 Å². The van der Waals surface area contributed by atoms with Gasteiger partial charge in [-0.3, -0.25) is 14.9 Å². The number of carboxylic acids is 1. The summed E-state index contributed by atoms with van der Waals surface area (Å²) in [5.41, 5.74) is 2.65. The Bertz CT molecular complexity index is 696. The fourth-order valence-corrected chi connectivity index (χ4v) is 2.30. The molecule has 2 aromatic rings.